The van der Waals surface area contributed by atoms with E-state index in [1.165, 1.54) is 30.4 Å². The van der Waals surface area contributed by atoms with E-state index in [1.54, 1.807) is 0 Å². The van der Waals surface area contributed by atoms with E-state index in [9.17, 15) is 4.79 Å². The summed E-state index contributed by atoms with van der Waals surface area (Å²) in [5.74, 6) is 1.74. The van der Waals surface area contributed by atoms with Crippen LogP contribution in [0.4, 0.5) is 0 Å². The Kier molecular flexibility index (Phi) is 10.2. The lowest BCUT2D eigenvalue weighted by Gasteiger charge is -2.39. The van der Waals surface area contributed by atoms with Crippen molar-refractivity contribution in [3.05, 3.63) is 131 Å². The Labute approximate surface area is 245 Å². The predicted octanol–water partition coefficient (Wildman–Crippen LogP) is 8.52. The van der Waals surface area contributed by atoms with Crippen molar-refractivity contribution in [1.29, 1.82) is 0 Å². The van der Waals surface area contributed by atoms with Gasteiger partial charge in [-0.25, -0.2) is 0 Å². The highest BCUT2D eigenvalue weighted by atomic mass is 16.5. The van der Waals surface area contributed by atoms with Crippen molar-refractivity contribution in [2.24, 2.45) is 0 Å². The van der Waals surface area contributed by atoms with Gasteiger partial charge in [-0.05, 0) is 78.8 Å². The van der Waals surface area contributed by atoms with Gasteiger partial charge >= 0.3 is 0 Å². The summed E-state index contributed by atoms with van der Waals surface area (Å²) in [5, 5.41) is 0. The molecule has 0 aromatic heterocycles. The molecule has 1 amide bonds. The quantitative estimate of drug-likeness (QED) is 0.167. The molecule has 1 fully saturated rings. The molecule has 1 heterocycles. The molecule has 0 spiro atoms. The topological polar surface area (TPSA) is 32.8 Å². The third kappa shape index (κ3) is 8.31. The number of hydrogen-bond acceptors (Lipinski definition) is 3. The summed E-state index contributed by atoms with van der Waals surface area (Å²) in [4.78, 5) is 18.6. The smallest absolute Gasteiger partial charge is 0.254 e. The minimum Gasteiger partial charge on any atom is -0.457 e. The van der Waals surface area contributed by atoms with Gasteiger partial charge in [-0.1, -0.05) is 92.6 Å². The number of ether oxygens (including phenoxy) is 1. The van der Waals surface area contributed by atoms with Crippen molar-refractivity contribution in [2.75, 3.05) is 13.1 Å². The molecule has 4 heteroatoms. The van der Waals surface area contributed by atoms with Crippen LogP contribution in [0.5, 0.6) is 11.5 Å². The molecule has 0 N–H and O–H groups in total. The lowest BCUT2D eigenvalue weighted by molar-refractivity contribution is 0.0543. The van der Waals surface area contributed by atoms with Crippen molar-refractivity contribution in [3.8, 4) is 11.5 Å². The minimum atomic E-state index is 0.122. The molecule has 0 saturated carbocycles. The Morgan fingerprint density at radius 3 is 2.00 bits per heavy atom. The maximum atomic E-state index is 14.0. The first-order chi connectivity index (χ1) is 20.2. The molecule has 0 unspecified atom stereocenters. The van der Waals surface area contributed by atoms with Crippen LogP contribution in [0.25, 0.3) is 0 Å². The van der Waals surface area contributed by atoms with E-state index in [4.69, 9.17) is 4.74 Å². The van der Waals surface area contributed by atoms with E-state index in [1.807, 2.05) is 54.6 Å². The standard InChI is InChI=1S/C37H42N2O2/c1-2-3-6-11-30-16-20-33(21-17-30)37(40)39(34-24-26-38(27-25-34)28-31-12-7-4-8-13-31)29-32-18-22-36(23-19-32)41-35-14-9-5-10-15-35/h4-5,7-10,12-23,34H,2-3,6,11,24-29H2,1H3. The first-order valence-electron chi connectivity index (χ1n) is 15.2. The largest absolute Gasteiger partial charge is 0.457 e. The molecule has 41 heavy (non-hydrogen) atoms. The van der Waals surface area contributed by atoms with Gasteiger partial charge in [0.1, 0.15) is 11.5 Å². The molecule has 0 bridgehead atoms. The maximum absolute atomic E-state index is 14.0. The zero-order valence-electron chi connectivity index (χ0n) is 24.3. The van der Waals surface area contributed by atoms with Gasteiger partial charge in [0.05, 0.1) is 0 Å². The Balaban J connectivity index is 1.28. The summed E-state index contributed by atoms with van der Waals surface area (Å²) in [6.45, 7) is 5.76. The zero-order valence-corrected chi connectivity index (χ0v) is 24.3. The van der Waals surface area contributed by atoms with Gasteiger partial charge in [-0.15, -0.1) is 0 Å². The molecule has 4 nitrogen and oxygen atoms in total. The number of likely N-dealkylation sites (tertiary alicyclic amines) is 1. The molecule has 212 valence electrons. The van der Waals surface area contributed by atoms with E-state index in [0.717, 1.165) is 61.5 Å². The molecular weight excluding hydrogens is 504 g/mol. The number of rotatable bonds is 12. The van der Waals surface area contributed by atoms with Crippen LogP contribution in [0.3, 0.4) is 0 Å². The maximum Gasteiger partial charge on any atom is 0.254 e. The van der Waals surface area contributed by atoms with E-state index >= 15 is 0 Å². The van der Waals surface area contributed by atoms with E-state index in [-0.39, 0.29) is 11.9 Å². The first kappa shape index (κ1) is 28.6. The van der Waals surface area contributed by atoms with Crippen molar-refractivity contribution in [2.45, 2.75) is 64.6 Å². The lowest BCUT2D eigenvalue weighted by Crippen LogP contribution is -2.46. The molecule has 4 aromatic rings. The molecule has 0 atom stereocenters. The normalized spacial score (nSPS) is 14.1. The SMILES string of the molecule is CCCCCc1ccc(C(=O)N(Cc2ccc(Oc3ccccc3)cc2)C2CCN(Cc3ccccc3)CC2)cc1. The number of carbonyl (C=O) groups is 1. The van der Waals surface area contributed by atoms with Crippen LogP contribution >= 0.6 is 0 Å². The molecular formula is C37H42N2O2. The second-order valence-corrected chi connectivity index (χ2v) is 11.1. The van der Waals surface area contributed by atoms with Crippen LogP contribution in [0.2, 0.25) is 0 Å². The number of hydrogen-bond donors (Lipinski definition) is 0. The van der Waals surface area contributed by atoms with E-state index in [2.05, 4.69) is 71.3 Å². The van der Waals surface area contributed by atoms with Gasteiger partial charge in [0.25, 0.3) is 5.91 Å². The molecule has 5 rings (SSSR count). The van der Waals surface area contributed by atoms with Crippen molar-refractivity contribution in [3.63, 3.8) is 0 Å². The number of piperidine rings is 1. The Hall–Kier alpha value is -3.89. The number of amides is 1. The van der Waals surface area contributed by atoms with Gasteiger partial charge in [0.2, 0.25) is 0 Å². The van der Waals surface area contributed by atoms with Gasteiger partial charge in [-0.3, -0.25) is 9.69 Å². The Bertz CT molecular complexity index is 1330. The number of carbonyl (C=O) groups excluding carboxylic acids is 1. The monoisotopic (exact) mass is 546 g/mol. The average Bonchev–Trinajstić information content (AvgIpc) is 3.02. The lowest BCUT2D eigenvalue weighted by atomic mass is 9.99. The van der Waals surface area contributed by atoms with Crippen LogP contribution in [-0.2, 0) is 19.5 Å². The summed E-state index contributed by atoms with van der Waals surface area (Å²) in [6, 6.07) is 37.2. The summed E-state index contributed by atoms with van der Waals surface area (Å²) in [5.41, 5.74) is 4.54. The third-order valence-electron chi connectivity index (χ3n) is 8.03. The molecule has 1 aliphatic heterocycles. The summed E-state index contributed by atoms with van der Waals surface area (Å²) in [6.07, 6.45) is 6.68. The third-order valence-corrected chi connectivity index (χ3v) is 8.03. The highest BCUT2D eigenvalue weighted by Gasteiger charge is 2.29. The minimum absolute atomic E-state index is 0.122. The average molecular weight is 547 g/mol. The number of benzene rings is 4. The van der Waals surface area contributed by atoms with Gasteiger partial charge in [0.15, 0.2) is 0 Å². The van der Waals surface area contributed by atoms with Crippen molar-refractivity contribution in [1.82, 2.24) is 9.80 Å². The highest BCUT2D eigenvalue weighted by Crippen LogP contribution is 2.26. The van der Waals surface area contributed by atoms with Crippen LogP contribution in [-0.4, -0.2) is 34.8 Å². The number of nitrogens with zero attached hydrogens (tertiary/aromatic N) is 2. The molecule has 4 aromatic carbocycles. The van der Waals surface area contributed by atoms with Crippen molar-refractivity contribution >= 4 is 5.91 Å². The van der Waals surface area contributed by atoms with Gasteiger partial charge in [0, 0.05) is 37.8 Å². The fourth-order valence-electron chi connectivity index (χ4n) is 5.64. The van der Waals surface area contributed by atoms with Crippen LogP contribution < -0.4 is 4.74 Å². The van der Waals surface area contributed by atoms with Crippen LogP contribution in [0, 0.1) is 0 Å². The molecule has 1 saturated heterocycles. The van der Waals surface area contributed by atoms with Crippen LogP contribution in [0.1, 0.15) is 66.1 Å². The first-order valence-corrected chi connectivity index (χ1v) is 15.2. The second-order valence-electron chi connectivity index (χ2n) is 11.1. The van der Waals surface area contributed by atoms with Gasteiger partial charge < -0.3 is 9.64 Å². The number of aryl methyl sites for hydroxylation is 1. The van der Waals surface area contributed by atoms with Crippen LogP contribution in [0.15, 0.2) is 109 Å². The molecule has 0 aliphatic carbocycles. The Morgan fingerprint density at radius 1 is 0.732 bits per heavy atom. The zero-order chi connectivity index (χ0) is 28.3. The predicted molar refractivity (Wildman–Crippen MR) is 167 cm³/mol. The fraction of sp³-hybridized carbons (Fsp3) is 0.324. The number of unbranched alkanes of at least 4 members (excludes halogenated alkanes) is 2. The number of para-hydroxylation sites is 1. The van der Waals surface area contributed by atoms with E-state index < -0.39 is 0 Å². The summed E-state index contributed by atoms with van der Waals surface area (Å²) < 4.78 is 5.99. The Morgan fingerprint density at radius 2 is 1.34 bits per heavy atom. The van der Waals surface area contributed by atoms with Crippen molar-refractivity contribution < 1.29 is 9.53 Å². The fourth-order valence-corrected chi connectivity index (χ4v) is 5.64. The summed E-state index contributed by atoms with van der Waals surface area (Å²) in [7, 11) is 0. The van der Waals surface area contributed by atoms with E-state index in [0.29, 0.717) is 6.54 Å². The molecule has 1 aliphatic rings. The second kappa shape index (κ2) is 14.7. The summed E-state index contributed by atoms with van der Waals surface area (Å²) >= 11 is 0. The molecule has 0 radical (unpaired) electrons. The highest BCUT2D eigenvalue weighted by molar-refractivity contribution is 5.94. The van der Waals surface area contributed by atoms with Gasteiger partial charge in [-0.2, -0.15) is 0 Å².